The molecular formula is C21H17ClN8. The number of halogens is 1. The van der Waals surface area contributed by atoms with E-state index in [2.05, 4.69) is 30.6 Å². The molecule has 0 radical (unpaired) electrons. The van der Waals surface area contributed by atoms with Crippen LogP contribution in [-0.4, -0.2) is 34.3 Å². The van der Waals surface area contributed by atoms with Gasteiger partial charge in [-0.15, -0.1) is 10.2 Å². The van der Waals surface area contributed by atoms with E-state index in [1.165, 1.54) is 0 Å². The zero-order valence-electron chi connectivity index (χ0n) is 16.1. The molecular weight excluding hydrogens is 400 g/mol. The van der Waals surface area contributed by atoms with Crippen molar-refractivity contribution in [3.8, 4) is 11.3 Å². The normalized spacial score (nSPS) is 11.1. The number of aromatic nitrogens is 7. The van der Waals surface area contributed by atoms with Crippen LogP contribution >= 0.6 is 11.6 Å². The van der Waals surface area contributed by atoms with E-state index in [0.29, 0.717) is 17.4 Å². The molecule has 9 heteroatoms. The molecule has 4 heterocycles. The first kappa shape index (κ1) is 18.3. The van der Waals surface area contributed by atoms with Gasteiger partial charge in [0.1, 0.15) is 5.82 Å². The fourth-order valence-electron chi connectivity index (χ4n) is 3.24. The highest BCUT2D eigenvalue weighted by Crippen LogP contribution is 2.22. The van der Waals surface area contributed by atoms with Crippen LogP contribution < -0.4 is 5.32 Å². The fourth-order valence-corrected chi connectivity index (χ4v) is 3.46. The molecule has 30 heavy (non-hydrogen) atoms. The summed E-state index contributed by atoms with van der Waals surface area (Å²) in [6.45, 7) is 0. The molecule has 8 nitrogen and oxygen atoms in total. The lowest BCUT2D eigenvalue weighted by Crippen LogP contribution is -1.98. The molecule has 0 aliphatic heterocycles. The molecule has 1 N–H and O–H groups in total. The minimum Gasteiger partial charge on any atom is -0.321 e. The highest BCUT2D eigenvalue weighted by atomic mass is 35.5. The Morgan fingerprint density at radius 1 is 1.10 bits per heavy atom. The summed E-state index contributed by atoms with van der Waals surface area (Å²) >= 11 is 6.09. The molecule has 0 spiro atoms. The number of fused-ring (bicyclic) bond motifs is 1. The summed E-state index contributed by atoms with van der Waals surface area (Å²) in [5.74, 6) is 1.35. The number of nitrogens with one attached hydrogen (secondary N) is 1. The minimum atomic E-state index is 0.503. The monoisotopic (exact) mass is 416 g/mol. The highest BCUT2D eigenvalue weighted by molar-refractivity contribution is 6.30. The minimum absolute atomic E-state index is 0.503. The maximum absolute atomic E-state index is 6.09. The first-order valence-electron chi connectivity index (χ1n) is 9.31. The zero-order valence-corrected chi connectivity index (χ0v) is 16.8. The van der Waals surface area contributed by atoms with Gasteiger partial charge in [-0.3, -0.25) is 9.08 Å². The SMILES string of the molecule is Cn1cc(Nc2nccc(-c3ccn4c(Cc5cccc(Cl)c5)nnc4c3)n2)cn1. The van der Waals surface area contributed by atoms with Crippen molar-refractivity contribution in [1.29, 1.82) is 0 Å². The Balaban J connectivity index is 1.42. The Hall–Kier alpha value is -3.78. The molecule has 5 aromatic rings. The molecule has 0 atom stereocenters. The van der Waals surface area contributed by atoms with Gasteiger partial charge in [-0.05, 0) is 35.9 Å². The molecule has 0 aliphatic rings. The number of hydrogen-bond acceptors (Lipinski definition) is 6. The van der Waals surface area contributed by atoms with Crippen molar-refractivity contribution in [1.82, 2.24) is 34.3 Å². The number of pyridine rings is 1. The summed E-state index contributed by atoms with van der Waals surface area (Å²) in [6.07, 6.45) is 7.91. The highest BCUT2D eigenvalue weighted by Gasteiger charge is 2.10. The van der Waals surface area contributed by atoms with Crippen molar-refractivity contribution in [2.75, 3.05) is 5.32 Å². The van der Waals surface area contributed by atoms with E-state index in [0.717, 1.165) is 34.0 Å². The molecule has 0 saturated heterocycles. The Labute approximate surface area is 177 Å². The van der Waals surface area contributed by atoms with Gasteiger partial charge < -0.3 is 5.32 Å². The topological polar surface area (TPSA) is 85.8 Å². The van der Waals surface area contributed by atoms with Crippen molar-refractivity contribution in [3.05, 3.63) is 83.7 Å². The molecule has 0 unspecified atom stereocenters. The number of benzene rings is 1. The summed E-state index contributed by atoms with van der Waals surface area (Å²) in [5.41, 5.74) is 4.39. The molecule has 4 aromatic heterocycles. The van der Waals surface area contributed by atoms with Gasteiger partial charge in [-0.2, -0.15) is 5.10 Å². The van der Waals surface area contributed by atoms with Gasteiger partial charge in [0.15, 0.2) is 5.65 Å². The second-order valence-corrected chi connectivity index (χ2v) is 7.30. The number of aryl methyl sites for hydroxylation is 1. The van der Waals surface area contributed by atoms with Crippen LogP contribution in [0.5, 0.6) is 0 Å². The lowest BCUT2D eigenvalue weighted by atomic mass is 10.1. The maximum Gasteiger partial charge on any atom is 0.227 e. The summed E-state index contributed by atoms with van der Waals surface area (Å²) in [5, 5.41) is 16.7. The zero-order chi connectivity index (χ0) is 20.5. The third-order valence-corrected chi connectivity index (χ3v) is 4.88. The molecule has 5 rings (SSSR count). The van der Waals surface area contributed by atoms with Gasteiger partial charge in [0.25, 0.3) is 0 Å². The standard InChI is InChI=1S/C21H17ClN8/c1-29-13-17(12-24-29)25-21-23-7-5-18(26-21)15-6-8-30-19(27-28-20(30)11-15)10-14-3-2-4-16(22)9-14/h2-9,11-13H,10H2,1H3,(H,23,25,26). The van der Waals surface area contributed by atoms with E-state index in [-0.39, 0.29) is 0 Å². The Morgan fingerprint density at radius 2 is 2.03 bits per heavy atom. The average molecular weight is 417 g/mol. The summed E-state index contributed by atoms with van der Waals surface area (Å²) < 4.78 is 3.69. The first-order valence-corrected chi connectivity index (χ1v) is 9.69. The van der Waals surface area contributed by atoms with Gasteiger partial charge in [-0.1, -0.05) is 23.7 Å². The second kappa shape index (κ2) is 7.57. The van der Waals surface area contributed by atoms with Gasteiger partial charge in [0.2, 0.25) is 5.95 Å². The number of anilines is 2. The maximum atomic E-state index is 6.09. The van der Waals surface area contributed by atoms with E-state index < -0.39 is 0 Å². The van der Waals surface area contributed by atoms with Gasteiger partial charge in [-0.25, -0.2) is 9.97 Å². The van der Waals surface area contributed by atoms with Crippen LogP contribution in [-0.2, 0) is 13.5 Å². The van der Waals surface area contributed by atoms with Crippen molar-refractivity contribution >= 4 is 28.9 Å². The predicted octanol–water partition coefficient (Wildman–Crippen LogP) is 3.91. The lowest BCUT2D eigenvalue weighted by Gasteiger charge is -2.06. The molecule has 0 amide bonds. The first-order chi connectivity index (χ1) is 14.6. The molecule has 148 valence electrons. The summed E-state index contributed by atoms with van der Waals surface area (Å²) in [6, 6.07) is 13.6. The largest absolute Gasteiger partial charge is 0.321 e. The second-order valence-electron chi connectivity index (χ2n) is 6.86. The van der Waals surface area contributed by atoms with E-state index in [4.69, 9.17) is 11.6 Å². The Bertz CT molecular complexity index is 1340. The Morgan fingerprint density at radius 3 is 2.87 bits per heavy atom. The smallest absolute Gasteiger partial charge is 0.227 e. The third kappa shape index (κ3) is 3.72. The van der Waals surface area contributed by atoms with Crippen LogP contribution in [0.25, 0.3) is 16.9 Å². The molecule has 0 saturated carbocycles. The van der Waals surface area contributed by atoms with Crippen LogP contribution in [0.1, 0.15) is 11.4 Å². The van der Waals surface area contributed by atoms with Crippen LogP contribution in [0.3, 0.4) is 0 Å². The van der Waals surface area contributed by atoms with Crippen LogP contribution in [0.2, 0.25) is 5.02 Å². The average Bonchev–Trinajstić information content (AvgIpc) is 3.34. The number of hydrogen-bond donors (Lipinski definition) is 1. The van der Waals surface area contributed by atoms with Crippen LogP contribution in [0, 0.1) is 0 Å². The molecule has 1 aromatic carbocycles. The van der Waals surface area contributed by atoms with Gasteiger partial charge in [0, 0.05) is 42.6 Å². The number of nitrogens with zero attached hydrogens (tertiary/aromatic N) is 7. The van der Waals surface area contributed by atoms with Crippen molar-refractivity contribution in [2.45, 2.75) is 6.42 Å². The quantitative estimate of drug-likeness (QED) is 0.467. The van der Waals surface area contributed by atoms with E-state index in [1.54, 1.807) is 17.1 Å². The van der Waals surface area contributed by atoms with Gasteiger partial charge in [0.05, 0.1) is 17.6 Å². The fraction of sp³-hybridized carbons (Fsp3) is 0.0952. The number of rotatable bonds is 5. The lowest BCUT2D eigenvalue weighted by molar-refractivity contribution is 0.768. The van der Waals surface area contributed by atoms with E-state index >= 15 is 0 Å². The third-order valence-electron chi connectivity index (χ3n) is 4.64. The Kier molecular flexibility index (Phi) is 4.61. The summed E-state index contributed by atoms with van der Waals surface area (Å²) in [7, 11) is 1.86. The van der Waals surface area contributed by atoms with E-state index in [9.17, 15) is 0 Å². The van der Waals surface area contributed by atoms with E-state index in [1.807, 2.05) is 66.3 Å². The molecule has 0 fully saturated rings. The summed E-state index contributed by atoms with van der Waals surface area (Å²) in [4.78, 5) is 8.89. The van der Waals surface area contributed by atoms with Crippen molar-refractivity contribution in [2.24, 2.45) is 7.05 Å². The van der Waals surface area contributed by atoms with Gasteiger partial charge >= 0.3 is 0 Å². The van der Waals surface area contributed by atoms with Crippen molar-refractivity contribution in [3.63, 3.8) is 0 Å². The molecule has 0 aliphatic carbocycles. The molecule has 0 bridgehead atoms. The van der Waals surface area contributed by atoms with Crippen LogP contribution in [0.15, 0.2) is 67.3 Å². The van der Waals surface area contributed by atoms with Crippen molar-refractivity contribution < 1.29 is 0 Å². The van der Waals surface area contributed by atoms with Crippen LogP contribution in [0.4, 0.5) is 11.6 Å². The predicted molar refractivity (Wildman–Crippen MR) is 115 cm³/mol.